The third-order valence-corrected chi connectivity index (χ3v) is 3.27. The standard InChI is InChI=1S/C12H17NO5S/c1-19(16,17)9-11(7-14)13-12(15)18-8-10-5-3-2-4-6-10/h2-6,11,14H,7-9H2,1H3,(H,13,15)/t11-/m0/s1. The smallest absolute Gasteiger partial charge is 0.407 e. The molecule has 0 saturated carbocycles. The number of aliphatic hydroxyl groups excluding tert-OH is 1. The minimum absolute atomic E-state index is 0.0870. The molecule has 1 atom stereocenters. The van der Waals surface area contributed by atoms with Crippen LogP contribution in [0.3, 0.4) is 0 Å². The summed E-state index contributed by atoms with van der Waals surface area (Å²) in [6.45, 7) is -0.378. The van der Waals surface area contributed by atoms with Crippen molar-refractivity contribution in [3.63, 3.8) is 0 Å². The zero-order valence-corrected chi connectivity index (χ0v) is 11.4. The monoisotopic (exact) mass is 287 g/mol. The van der Waals surface area contributed by atoms with Crippen molar-refractivity contribution in [2.45, 2.75) is 12.6 Å². The quantitative estimate of drug-likeness (QED) is 0.786. The van der Waals surface area contributed by atoms with E-state index < -0.39 is 28.6 Å². The predicted molar refractivity (Wildman–Crippen MR) is 70.3 cm³/mol. The Morgan fingerprint density at radius 2 is 2.00 bits per heavy atom. The Kier molecular flexibility index (Phi) is 5.78. The third kappa shape index (κ3) is 6.78. The molecule has 1 aromatic rings. The first-order valence-electron chi connectivity index (χ1n) is 5.66. The number of ether oxygens (including phenoxy) is 1. The van der Waals surface area contributed by atoms with E-state index in [4.69, 9.17) is 9.84 Å². The fourth-order valence-corrected chi connectivity index (χ4v) is 2.36. The summed E-state index contributed by atoms with van der Waals surface area (Å²) in [7, 11) is -3.28. The van der Waals surface area contributed by atoms with Crippen LogP contribution in [-0.2, 0) is 21.2 Å². The summed E-state index contributed by atoms with van der Waals surface area (Å²) in [6.07, 6.45) is 0.277. The second kappa shape index (κ2) is 7.10. The van der Waals surface area contributed by atoms with E-state index in [-0.39, 0.29) is 12.4 Å². The van der Waals surface area contributed by atoms with Crippen molar-refractivity contribution in [3.8, 4) is 0 Å². The van der Waals surface area contributed by atoms with Gasteiger partial charge in [0, 0.05) is 6.26 Å². The Bertz CT molecular complexity index is 500. The van der Waals surface area contributed by atoms with Crippen molar-refractivity contribution < 1.29 is 23.1 Å². The van der Waals surface area contributed by atoms with Crippen LogP contribution >= 0.6 is 0 Å². The van der Waals surface area contributed by atoms with Gasteiger partial charge in [-0.2, -0.15) is 0 Å². The SMILES string of the molecule is CS(=O)(=O)C[C@H](CO)NC(=O)OCc1ccccc1. The van der Waals surface area contributed by atoms with Crippen LogP contribution in [-0.4, -0.2) is 44.3 Å². The van der Waals surface area contributed by atoms with Gasteiger partial charge in [-0.25, -0.2) is 13.2 Å². The Labute approximate surface area is 112 Å². The summed E-state index contributed by atoms with van der Waals surface area (Å²) in [5.41, 5.74) is 0.821. The van der Waals surface area contributed by atoms with Gasteiger partial charge in [-0.1, -0.05) is 30.3 Å². The highest BCUT2D eigenvalue weighted by Crippen LogP contribution is 2.01. The zero-order valence-electron chi connectivity index (χ0n) is 10.6. The van der Waals surface area contributed by atoms with Gasteiger partial charge in [0.2, 0.25) is 0 Å². The lowest BCUT2D eigenvalue weighted by molar-refractivity contribution is 0.131. The molecule has 0 aliphatic heterocycles. The highest BCUT2D eigenvalue weighted by molar-refractivity contribution is 7.90. The summed E-state index contributed by atoms with van der Waals surface area (Å²) < 4.78 is 27.0. The molecule has 6 nitrogen and oxygen atoms in total. The molecule has 2 N–H and O–H groups in total. The number of carbonyl (C=O) groups is 1. The maximum atomic E-state index is 11.4. The van der Waals surface area contributed by atoms with Gasteiger partial charge >= 0.3 is 6.09 Å². The fourth-order valence-electron chi connectivity index (χ4n) is 1.44. The van der Waals surface area contributed by atoms with Crippen LogP contribution in [0, 0.1) is 0 Å². The molecule has 0 fully saturated rings. The number of hydrogen-bond donors (Lipinski definition) is 2. The van der Waals surface area contributed by atoms with Gasteiger partial charge < -0.3 is 15.2 Å². The van der Waals surface area contributed by atoms with Crippen LogP contribution in [0.2, 0.25) is 0 Å². The fraction of sp³-hybridized carbons (Fsp3) is 0.417. The molecule has 0 radical (unpaired) electrons. The van der Waals surface area contributed by atoms with E-state index in [1.807, 2.05) is 18.2 Å². The molecule has 0 aliphatic carbocycles. The number of sulfone groups is 1. The van der Waals surface area contributed by atoms with Gasteiger partial charge in [0.1, 0.15) is 16.4 Å². The van der Waals surface area contributed by atoms with Crippen molar-refractivity contribution in [2.75, 3.05) is 18.6 Å². The highest BCUT2D eigenvalue weighted by atomic mass is 32.2. The van der Waals surface area contributed by atoms with Crippen molar-refractivity contribution in [2.24, 2.45) is 0 Å². The van der Waals surface area contributed by atoms with E-state index in [0.29, 0.717) is 0 Å². The van der Waals surface area contributed by atoms with E-state index >= 15 is 0 Å². The lowest BCUT2D eigenvalue weighted by atomic mass is 10.2. The molecule has 1 aromatic carbocycles. The number of carbonyl (C=O) groups excluding carboxylic acids is 1. The lowest BCUT2D eigenvalue weighted by Crippen LogP contribution is -2.42. The lowest BCUT2D eigenvalue weighted by Gasteiger charge is -2.15. The Balaban J connectivity index is 2.41. The van der Waals surface area contributed by atoms with E-state index in [0.717, 1.165) is 11.8 Å². The number of benzene rings is 1. The molecule has 0 spiro atoms. The molecule has 0 aromatic heterocycles. The Hall–Kier alpha value is -1.60. The summed E-state index contributed by atoms with van der Waals surface area (Å²) >= 11 is 0. The van der Waals surface area contributed by atoms with Crippen molar-refractivity contribution in [1.29, 1.82) is 0 Å². The molecule has 0 saturated heterocycles. The molecule has 1 rings (SSSR count). The first-order chi connectivity index (χ1) is 8.90. The molecular formula is C12H17NO5S. The second-order valence-electron chi connectivity index (χ2n) is 4.18. The van der Waals surface area contributed by atoms with Gasteiger partial charge in [-0.3, -0.25) is 0 Å². The van der Waals surface area contributed by atoms with Gasteiger partial charge in [-0.05, 0) is 5.56 Å². The average molecular weight is 287 g/mol. The van der Waals surface area contributed by atoms with Crippen molar-refractivity contribution in [1.82, 2.24) is 5.32 Å². The normalized spacial score (nSPS) is 12.7. The van der Waals surface area contributed by atoms with E-state index in [2.05, 4.69) is 5.32 Å². The van der Waals surface area contributed by atoms with E-state index in [1.165, 1.54) is 0 Å². The van der Waals surface area contributed by atoms with Gasteiger partial charge in [-0.15, -0.1) is 0 Å². The maximum absolute atomic E-state index is 11.4. The summed E-state index contributed by atoms with van der Waals surface area (Å²) in [4.78, 5) is 11.4. The number of alkyl carbamates (subject to hydrolysis) is 1. The van der Waals surface area contributed by atoms with Gasteiger partial charge in [0.15, 0.2) is 0 Å². The maximum Gasteiger partial charge on any atom is 0.407 e. The number of hydrogen-bond acceptors (Lipinski definition) is 5. The van der Waals surface area contributed by atoms with Crippen LogP contribution in [0.25, 0.3) is 0 Å². The number of nitrogens with one attached hydrogen (secondary N) is 1. The molecule has 0 unspecified atom stereocenters. The van der Waals surface area contributed by atoms with Crippen molar-refractivity contribution >= 4 is 15.9 Å². The molecule has 0 bridgehead atoms. The van der Waals surface area contributed by atoms with Crippen molar-refractivity contribution in [3.05, 3.63) is 35.9 Å². The molecule has 19 heavy (non-hydrogen) atoms. The van der Waals surface area contributed by atoms with Crippen LogP contribution < -0.4 is 5.32 Å². The summed E-state index contributed by atoms with van der Waals surface area (Å²) in [6, 6.07) is 8.21. The van der Waals surface area contributed by atoms with E-state index in [9.17, 15) is 13.2 Å². The minimum Gasteiger partial charge on any atom is -0.445 e. The molecule has 0 heterocycles. The number of aliphatic hydroxyl groups is 1. The zero-order chi connectivity index (χ0) is 14.3. The third-order valence-electron chi connectivity index (χ3n) is 2.26. The molecule has 1 amide bonds. The largest absolute Gasteiger partial charge is 0.445 e. The van der Waals surface area contributed by atoms with E-state index in [1.54, 1.807) is 12.1 Å². The average Bonchev–Trinajstić information content (AvgIpc) is 2.35. The van der Waals surface area contributed by atoms with Crippen LogP contribution in [0.15, 0.2) is 30.3 Å². The number of amides is 1. The molecule has 0 aliphatic rings. The number of rotatable bonds is 6. The Morgan fingerprint density at radius 1 is 1.37 bits per heavy atom. The van der Waals surface area contributed by atoms with Crippen LogP contribution in [0.1, 0.15) is 5.56 Å². The Morgan fingerprint density at radius 3 is 2.53 bits per heavy atom. The molecule has 7 heteroatoms. The van der Waals surface area contributed by atoms with Crippen LogP contribution in [0.4, 0.5) is 4.79 Å². The van der Waals surface area contributed by atoms with Gasteiger partial charge in [0.05, 0.1) is 18.4 Å². The van der Waals surface area contributed by atoms with Crippen LogP contribution in [0.5, 0.6) is 0 Å². The highest BCUT2D eigenvalue weighted by Gasteiger charge is 2.17. The molecular weight excluding hydrogens is 270 g/mol. The second-order valence-corrected chi connectivity index (χ2v) is 6.36. The van der Waals surface area contributed by atoms with Gasteiger partial charge in [0.25, 0.3) is 0 Å². The summed E-state index contributed by atoms with van der Waals surface area (Å²) in [5.74, 6) is -0.329. The predicted octanol–water partition coefficient (Wildman–Crippen LogP) is 0.318. The first kappa shape index (κ1) is 15.5. The molecule has 106 valence electrons. The minimum atomic E-state index is -3.28. The summed E-state index contributed by atoms with van der Waals surface area (Å²) in [5, 5.41) is 11.3. The topological polar surface area (TPSA) is 92.7 Å². The first-order valence-corrected chi connectivity index (χ1v) is 7.72.